The van der Waals surface area contributed by atoms with Crippen LogP contribution < -0.4 is 5.32 Å². The van der Waals surface area contributed by atoms with Crippen molar-refractivity contribution in [3.63, 3.8) is 0 Å². The van der Waals surface area contributed by atoms with E-state index in [1.807, 2.05) is 24.3 Å². The van der Waals surface area contributed by atoms with Gasteiger partial charge in [-0.1, -0.05) is 12.1 Å². The molecule has 1 aromatic rings. The molecule has 0 bridgehead atoms. The van der Waals surface area contributed by atoms with Gasteiger partial charge in [0, 0.05) is 36.4 Å². The topological polar surface area (TPSA) is 41.6 Å². The van der Waals surface area contributed by atoms with Crippen molar-refractivity contribution in [3.8, 4) is 0 Å². The molecule has 1 aliphatic heterocycles. The van der Waals surface area contributed by atoms with Gasteiger partial charge in [0.15, 0.2) is 0 Å². The van der Waals surface area contributed by atoms with Crippen LogP contribution in [-0.4, -0.2) is 55.4 Å². The lowest BCUT2D eigenvalue weighted by atomic mass is 10.2. The highest BCUT2D eigenvalue weighted by molar-refractivity contribution is 7.99. The third kappa shape index (κ3) is 4.96. The molecule has 1 N–H and O–H groups in total. The van der Waals surface area contributed by atoms with Crippen molar-refractivity contribution >= 4 is 17.7 Å². The molecule has 126 valence electrons. The second-order valence-electron chi connectivity index (χ2n) is 6.41. The molecule has 1 atom stereocenters. The number of benzene rings is 1. The van der Waals surface area contributed by atoms with Crippen LogP contribution in [0.3, 0.4) is 0 Å². The first-order chi connectivity index (χ1) is 11.2. The second-order valence-corrected chi connectivity index (χ2v) is 7.47. The van der Waals surface area contributed by atoms with E-state index in [0.717, 1.165) is 48.2 Å². The van der Waals surface area contributed by atoms with Crippen LogP contribution in [0.2, 0.25) is 0 Å². The summed E-state index contributed by atoms with van der Waals surface area (Å²) in [4.78, 5) is 15.8. The van der Waals surface area contributed by atoms with Crippen molar-refractivity contribution in [3.05, 3.63) is 29.8 Å². The van der Waals surface area contributed by atoms with Crippen molar-refractivity contribution in [2.75, 3.05) is 32.5 Å². The average molecular weight is 334 g/mol. The first-order valence-corrected chi connectivity index (χ1v) is 9.54. The van der Waals surface area contributed by atoms with E-state index in [-0.39, 0.29) is 5.91 Å². The number of nitrogens with zero attached hydrogens (tertiary/aromatic N) is 1. The van der Waals surface area contributed by atoms with Gasteiger partial charge >= 0.3 is 0 Å². The first kappa shape index (κ1) is 16.8. The highest BCUT2D eigenvalue weighted by Crippen LogP contribution is 2.27. The van der Waals surface area contributed by atoms with Crippen LogP contribution in [0.4, 0.5) is 0 Å². The smallest absolute Gasteiger partial charge is 0.252 e. The van der Waals surface area contributed by atoms with E-state index in [2.05, 4.69) is 17.3 Å². The highest BCUT2D eigenvalue weighted by atomic mass is 32.2. The molecule has 1 saturated heterocycles. The van der Waals surface area contributed by atoms with Crippen LogP contribution in [0.1, 0.15) is 36.0 Å². The maximum absolute atomic E-state index is 12.5. The highest BCUT2D eigenvalue weighted by Gasteiger charge is 2.25. The van der Waals surface area contributed by atoms with Gasteiger partial charge in [-0.05, 0) is 44.9 Å². The number of carbonyl (C=O) groups is 1. The van der Waals surface area contributed by atoms with E-state index in [4.69, 9.17) is 4.74 Å². The summed E-state index contributed by atoms with van der Waals surface area (Å²) in [6.45, 7) is 2.50. The van der Waals surface area contributed by atoms with Gasteiger partial charge < -0.3 is 15.0 Å². The van der Waals surface area contributed by atoms with Gasteiger partial charge in [-0.25, -0.2) is 0 Å². The van der Waals surface area contributed by atoms with Gasteiger partial charge in [-0.2, -0.15) is 0 Å². The molecule has 1 aliphatic carbocycles. The first-order valence-electron chi connectivity index (χ1n) is 8.56. The Kier molecular flexibility index (Phi) is 5.97. The molecular weight excluding hydrogens is 308 g/mol. The number of hydrogen-bond donors (Lipinski definition) is 1. The maximum atomic E-state index is 12.5. The Labute approximate surface area is 143 Å². The zero-order chi connectivity index (χ0) is 16.1. The summed E-state index contributed by atoms with van der Waals surface area (Å²) in [5.41, 5.74) is 0.782. The minimum absolute atomic E-state index is 0.0321. The second kappa shape index (κ2) is 8.18. The normalized spacial score (nSPS) is 20.9. The summed E-state index contributed by atoms with van der Waals surface area (Å²) in [6.07, 6.45) is 5.22. The van der Waals surface area contributed by atoms with Gasteiger partial charge in [-0.3, -0.25) is 4.79 Å². The SMILES string of the molecule is CN(CCNC(=O)c1ccccc1SCC1CCCO1)C1CC1. The summed E-state index contributed by atoms with van der Waals surface area (Å²) in [5.74, 6) is 0.957. The van der Waals surface area contributed by atoms with Crippen LogP contribution in [-0.2, 0) is 4.74 Å². The Hall–Kier alpha value is -1.04. The average Bonchev–Trinajstić information content (AvgIpc) is 3.29. The van der Waals surface area contributed by atoms with Crippen molar-refractivity contribution in [1.82, 2.24) is 10.2 Å². The Bertz CT molecular complexity index is 528. The summed E-state index contributed by atoms with van der Waals surface area (Å²) in [7, 11) is 2.13. The number of nitrogens with one attached hydrogen (secondary N) is 1. The van der Waals surface area contributed by atoms with E-state index < -0.39 is 0 Å². The number of likely N-dealkylation sites (N-methyl/N-ethyl adjacent to an activating group) is 1. The molecule has 1 aromatic carbocycles. The van der Waals surface area contributed by atoms with Crippen LogP contribution in [0.25, 0.3) is 0 Å². The Morgan fingerprint density at radius 3 is 2.91 bits per heavy atom. The monoisotopic (exact) mass is 334 g/mol. The molecule has 0 aromatic heterocycles. The fourth-order valence-electron chi connectivity index (χ4n) is 2.88. The third-order valence-electron chi connectivity index (χ3n) is 4.50. The Morgan fingerprint density at radius 2 is 2.17 bits per heavy atom. The van der Waals surface area contributed by atoms with Gasteiger partial charge in [0.2, 0.25) is 0 Å². The van der Waals surface area contributed by atoms with E-state index in [1.54, 1.807) is 11.8 Å². The van der Waals surface area contributed by atoms with E-state index in [9.17, 15) is 4.79 Å². The Balaban J connectivity index is 1.49. The summed E-state index contributed by atoms with van der Waals surface area (Å²) >= 11 is 1.73. The fraction of sp³-hybridized carbons (Fsp3) is 0.611. The van der Waals surface area contributed by atoms with Crippen LogP contribution >= 0.6 is 11.8 Å². The van der Waals surface area contributed by atoms with Crippen molar-refractivity contribution < 1.29 is 9.53 Å². The molecular formula is C18H26N2O2S. The molecule has 1 unspecified atom stereocenters. The molecule has 1 saturated carbocycles. The maximum Gasteiger partial charge on any atom is 0.252 e. The standard InChI is InChI=1S/C18H26N2O2S/c1-20(14-8-9-14)11-10-19-18(21)16-6-2-3-7-17(16)23-13-15-5-4-12-22-15/h2-3,6-7,14-15H,4-5,8-13H2,1H3,(H,19,21). The number of rotatable bonds is 8. The molecule has 23 heavy (non-hydrogen) atoms. The lowest BCUT2D eigenvalue weighted by molar-refractivity contribution is 0.0946. The molecule has 2 aliphatic rings. The molecule has 0 radical (unpaired) electrons. The predicted molar refractivity (Wildman–Crippen MR) is 94.1 cm³/mol. The van der Waals surface area contributed by atoms with Crippen LogP contribution in [0.5, 0.6) is 0 Å². The van der Waals surface area contributed by atoms with Crippen LogP contribution in [0.15, 0.2) is 29.2 Å². The van der Waals surface area contributed by atoms with Gasteiger partial charge in [0.05, 0.1) is 11.7 Å². The van der Waals surface area contributed by atoms with Crippen molar-refractivity contribution in [2.45, 2.75) is 42.7 Å². The van der Waals surface area contributed by atoms with Gasteiger partial charge in [0.1, 0.15) is 0 Å². The number of carbonyl (C=O) groups excluding carboxylic acids is 1. The molecule has 3 rings (SSSR count). The largest absolute Gasteiger partial charge is 0.377 e. The van der Waals surface area contributed by atoms with E-state index >= 15 is 0 Å². The molecule has 5 heteroatoms. The van der Waals surface area contributed by atoms with E-state index in [0.29, 0.717) is 12.6 Å². The lowest BCUT2D eigenvalue weighted by Crippen LogP contribution is -2.34. The molecule has 2 fully saturated rings. The Morgan fingerprint density at radius 1 is 1.35 bits per heavy atom. The number of amides is 1. The van der Waals surface area contributed by atoms with Crippen molar-refractivity contribution in [2.24, 2.45) is 0 Å². The van der Waals surface area contributed by atoms with Gasteiger partial charge in [0.25, 0.3) is 5.91 Å². The van der Waals surface area contributed by atoms with Crippen LogP contribution in [0, 0.1) is 0 Å². The predicted octanol–water partition coefficient (Wildman–Crippen LogP) is 2.78. The molecule has 0 spiro atoms. The molecule has 1 amide bonds. The lowest BCUT2D eigenvalue weighted by Gasteiger charge is -2.16. The summed E-state index contributed by atoms with van der Waals surface area (Å²) in [5, 5.41) is 3.06. The van der Waals surface area contributed by atoms with Gasteiger partial charge in [-0.15, -0.1) is 11.8 Å². The zero-order valence-electron chi connectivity index (χ0n) is 13.8. The number of thioether (sulfide) groups is 1. The summed E-state index contributed by atoms with van der Waals surface area (Å²) in [6, 6.07) is 8.61. The number of ether oxygens (including phenoxy) is 1. The minimum Gasteiger partial charge on any atom is -0.377 e. The molecule has 1 heterocycles. The van der Waals surface area contributed by atoms with Crippen molar-refractivity contribution in [1.29, 1.82) is 0 Å². The number of hydrogen-bond acceptors (Lipinski definition) is 4. The zero-order valence-corrected chi connectivity index (χ0v) is 14.6. The minimum atomic E-state index is 0.0321. The quantitative estimate of drug-likeness (QED) is 0.742. The third-order valence-corrected chi connectivity index (χ3v) is 5.71. The van der Waals surface area contributed by atoms with E-state index in [1.165, 1.54) is 12.8 Å². The summed E-state index contributed by atoms with van der Waals surface area (Å²) < 4.78 is 5.67. The fourth-order valence-corrected chi connectivity index (χ4v) is 4.00. The molecule has 4 nitrogen and oxygen atoms in total.